The molecule has 2 amide bonds. The predicted octanol–water partition coefficient (Wildman–Crippen LogP) is 1.81. The van der Waals surface area contributed by atoms with Crippen molar-refractivity contribution < 1.29 is 14.7 Å². The summed E-state index contributed by atoms with van der Waals surface area (Å²) in [5.41, 5.74) is 0.592. The fourth-order valence-corrected chi connectivity index (χ4v) is 3.05. The number of hydrogen-bond donors (Lipinski definition) is 2. The van der Waals surface area contributed by atoms with E-state index in [0.717, 1.165) is 19.3 Å². The molecule has 0 aliphatic heterocycles. The van der Waals surface area contributed by atoms with E-state index < -0.39 is 0 Å². The van der Waals surface area contributed by atoms with Gasteiger partial charge in [0, 0.05) is 37.5 Å². The highest BCUT2D eigenvalue weighted by Crippen LogP contribution is 2.26. The van der Waals surface area contributed by atoms with Crippen molar-refractivity contribution in [1.82, 2.24) is 10.2 Å². The maximum atomic E-state index is 12.3. The Balaban J connectivity index is 1.78. The number of carbonyl (C=O) groups is 2. The average Bonchev–Trinajstić information content (AvgIpc) is 2.93. The third-order valence-electron chi connectivity index (χ3n) is 4.45. The van der Waals surface area contributed by atoms with Crippen LogP contribution in [0.2, 0.25) is 0 Å². The van der Waals surface area contributed by atoms with Crippen LogP contribution in [0.4, 0.5) is 0 Å². The molecular weight excluding hydrogens is 292 g/mol. The van der Waals surface area contributed by atoms with Crippen LogP contribution in [0, 0.1) is 5.92 Å². The lowest BCUT2D eigenvalue weighted by Gasteiger charge is -2.24. The fourth-order valence-electron chi connectivity index (χ4n) is 3.05. The van der Waals surface area contributed by atoms with Crippen molar-refractivity contribution in [2.75, 3.05) is 13.6 Å². The Hall–Kier alpha value is -1.88. The van der Waals surface area contributed by atoms with Gasteiger partial charge < -0.3 is 15.3 Å². The van der Waals surface area contributed by atoms with E-state index in [1.165, 1.54) is 0 Å². The van der Waals surface area contributed by atoms with Gasteiger partial charge in [-0.25, -0.2) is 0 Å². The molecule has 2 rings (SSSR count). The molecule has 0 radical (unpaired) electrons. The van der Waals surface area contributed by atoms with E-state index in [-0.39, 0.29) is 36.3 Å². The molecule has 2 N–H and O–H groups in total. The average molecular weight is 318 g/mol. The number of nitrogens with one attached hydrogen (secondary N) is 1. The van der Waals surface area contributed by atoms with Gasteiger partial charge in [-0.1, -0.05) is 24.6 Å². The summed E-state index contributed by atoms with van der Waals surface area (Å²) in [6, 6.07) is 8.74. The van der Waals surface area contributed by atoms with Crippen LogP contribution < -0.4 is 5.32 Å². The molecule has 1 saturated carbocycles. The van der Waals surface area contributed by atoms with Crippen molar-refractivity contribution in [3.63, 3.8) is 0 Å². The monoisotopic (exact) mass is 318 g/mol. The number of aliphatic hydroxyl groups excluding tert-OH is 1. The van der Waals surface area contributed by atoms with Crippen LogP contribution in [0.5, 0.6) is 0 Å². The highest BCUT2D eigenvalue weighted by atomic mass is 16.3. The minimum absolute atomic E-state index is 0.00929. The summed E-state index contributed by atoms with van der Waals surface area (Å²) in [7, 11) is 1.76. The molecule has 126 valence electrons. The Labute approximate surface area is 137 Å². The zero-order valence-corrected chi connectivity index (χ0v) is 13.9. The van der Waals surface area contributed by atoms with Crippen LogP contribution >= 0.6 is 0 Å². The second-order valence-corrected chi connectivity index (χ2v) is 6.48. The van der Waals surface area contributed by atoms with E-state index in [9.17, 15) is 14.7 Å². The molecule has 0 bridgehead atoms. The first-order chi connectivity index (χ1) is 11.0. The lowest BCUT2D eigenvalue weighted by molar-refractivity contribution is -0.131. The maximum Gasteiger partial charge on any atom is 0.251 e. The number of aliphatic hydroxyl groups is 1. The first-order valence-corrected chi connectivity index (χ1v) is 8.25. The third-order valence-corrected chi connectivity index (χ3v) is 4.45. The van der Waals surface area contributed by atoms with Crippen LogP contribution in [-0.4, -0.2) is 47.6 Å². The normalized spacial score (nSPS) is 21.7. The van der Waals surface area contributed by atoms with E-state index in [0.29, 0.717) is 12.1 Å². The van der Waals surface area contributed by atoms with E-state index in [2.05, 4.69) is 5.32 Å². The van der Waals surface area contributed by atoms with E-state index in [4.69, 9.17) is 0 Å². The largest absolute Gasteiger partial charge is 0.393 e. The molecule has 1 fully saturated rings. The van der Waals surface area contributed by atoms with Crippen molar-refractivity contribution in [2.24, 2.45) is 5.92 Å². The molecule has 0 spiro atoms. The Morgan fingerprint density at radius 1 is 1.30 bits per heavy atom. The van der Waals surface area contributed by atoms with Gasteiger partial charge in [-0.3, -0.25) is 9.59 Å². The zero-order valence-electron chi connectivity index (χ0n) is 13.9. The highest BCUT2D eigenvalue weighted by Gasteiger charge is 2.27. The third kappa shape index (κ3) is 5.06. The van der Waals surface area contributed by atoms with Crippen molar-refractivity contribution in [3.05, 3.63) is 35.9 Å². The van der Waals surface area contributed by atoms with Gasteiger partial charge in [0.1, 0.15) is 0 Å². The molecule has 0 aromatic heterocycles. The number of amides is 2. The zero-order chi connectivity index (χ0) is 16.8. The molecule has 1 aromatic rings. The van der Waals surface area contributed by atoms with Crippen molar-refractivity contribution in [3.8, 4) is 0 Å². The summed E-state index contributed by atoms with van der Waals surface area (Å²) < 4.78 is 0. The lowest BCUT2D eigenvalue weighted by Crippen LogP contribution is -2.40. The minimum atomic E-state index is -0.291. The van der Waals surface area contributed by atoms with E-state index in [1.807, 2.05) is 25.1 Å². The molecule has 23 heavy (non-hydrogen) atoms. The van der Waals surface area contributed by atoms with Crippen LogP contribution in [0.25, 0.3) is 0 Å². The van der Waals surface area contributed by atoms with Crippen LogP contribution in [-0.2, 0) is 4.79 Å². The summed E-state index contributed by atoms with van der Waals surface area (Å²) in [5.74, 6) is 0.00268. The number of rotatable bonds is 6. The molecule has 0 heterocycles. The Kier molecular flexibility index (Phi) is 6.16. The predicted molar refractivity (Wildman–Crippen MR) is 89.0 cm³/mol. The molecular formula is C18H26N2O3. The van der Waals surface area contributed by atoms with Gasteiger partial charge in [-0.15, -0.1) is 0 Å². The molecule has 1 aliphatic carbocycles. The van der Waals surface area contributed by atoms with Gasteiger partial charge in [0.2, 0.25) is 5.91 Å². The second kappa shape index (κ2) is 8.11. The van der Waals surface area contributed by atoms with Gasteiger partial charge in [-0.2, -0.15) is 0 Å². The number of nitrogens with zero attached hydrogens (tertiary/aromatic N) is 1. The van der Waals surface area contributed by atoms with E-state index >= 15 is 0 Å². The van der Waals surface area contributed by atoms with Crippen molar-refractivity contribution in [1.29, 1.82) is 0 Å². The molecule has 0 saturated heterocycles. The molecule has 5 heteroatoms. The van der Waals surface area contributed by atoms with Gasteiger partial charge in [0.05, 0.1) is 6.10 Å². The van der Waals surface area contributed by atoms with Crippen LogP contribution in [0.15, 0.2) is 30.3 Å². The number of hydrogen-bond acceptors (Lipinski definition) is 3. The Morgan fingerprint density at radius 2 is 2.00 bits per heavy atom. The quantitative estimate of drug-likeness (QED) is 0.840. The van der Waals surface area contributed by atoms with Gasteiger partial charge in [0.25, 0.3) is 5.91 Å². The maximum absolute atomic E-state index is 12.3. The molecule has 3 atom stereocenters. The molecule has 5 nitrogen and oxygen atoms in total. The van der Waals surface area contributed by atoms with Crippen molar-refractivity contribution in [2.45, 2.75) is 44.8 Å². The highest BCUT2D eigenvalue weighted by molar-refractivity contribution is 5.94. The molecule has 1 aliphatic rings. The SMILES string of the molecule is CC(CC(=O)N(C)CC1CCCC1O)NC(=O)c1ccccc1. The summed E-state index contributed by atoms with van der Waals surface area (Å²) in [6.07, 6.45) is 2.80. The summed E-state index contributed by atoms with van der Waals surface area (Å²) >= 11 is 0. The summed E-state index contributed by atoms with van der Waals surface area (Å²) in [5, 5.41) is 12.7. The fraction of sp³-hybridized carbons (Fsp3) is 0.556. The Morgan fingerprint density at radius 3 is 2.61 bits per heavy atom. The number of benzene rings is 1. The second-order valence-electron chi connectivity index (χ2n) is 6.48. The van der Waals surface area contributed by atoms with Gasteiger partial charge in [-0.05, 0) is 31.9 Å². The van der Waals surface area contributed by atoms with Gasteiger partial charge >= 0.3 is 0 Å². The smallest absolute Gasteiger partial charge is 0.251 e. The number of carbonyl (C=O) groups excluding carboxylic acids is 2. The van der Waals surface area contributed by atoms with Crippen LogP contribution in [0.3, 0.4) is 0 Å². The lowest BCUT2D eigenvalue weighted by atomic mass is 10.1. The summed E-state index contributed by atoms with van der Waals surface area (Å²) in [6.45, 7) is 2.41. The van der Waals surface area contributed by atoms with Gasteiger partial charge in [0.15, 0.2) is 0 Å². The van der Waals surface area contributed by atoms with Crippen LogP contribution in [0.1, 0.15) is 43.0 Å². The topological polar surface area (TPSA) is 69.6 Å². The van der Waals surface area contributed by atoms with E-state index in [1.54, 1.807) is 24.1 Å². The first kappa shape index (κ1) is 17.5. The van der Waals surface area contributed by atoms with Crippen molar-refractivity contribution >= 4 is 11.8 Å². The Bertz CT molecular complexity index is 532. The molecule has 1 aromatic carbocycles. The first-order valence-electron chi connectivity index (χ1n) is 8.25. The minimum Gasteiger partial charge on any atom is -0.393 e. The summed E-state index contributed by atoms with van der Waals surface area (Å²) in [4.78, 5) is 26.0. The standard InChI is InChI=1S/C18H26N2O3/c1-13(19-18(23)14-7-4-3-5-8-14)11-17(22)20(2)12-15-9-6-10-16(15)21/h3-5,7-8,13,15-16,21H,6,9-12H2,1-2H3,(H,19,23). The molecule has 3 unspecified atom stereocenters.